The largest absolute Gasteiger partial charge is 0.313 e. The molecule has 2 aromatic heterocycles. The van der Waals surface area contributed by atoms with Gasteiger partial charge in [-0.2, -0.15) is 0 Å². The highest BCUT2D eigenvalue weighted by molar-refractivity contribution is 5.62. The topological polar surface area (TPSA) is 136 Å². The van der Waals surface area contributed by atoms with E-state index in [2.05, 4.69) is 20.8 Å². The van der Waals surface area contributed by atoms with Crippen LogP contribution in [0.4, 0.5) is 23.0 Å². The lowest BCUT2D eigenvalue weighted by Gasteiger charge is -2.08. The van der Waals surface area contributed by atoms with E-state index < -0.39 is 9.85 Å². The van der Waals surface area contributed by atoms with Crippen molar-refractivity contribution < 1.29 is 9.85 Å². The molecule has 2 rings (SSSR count). The fourth-order valence-electron chi connectivity index (χ4n) is 1.40. The quantitative estimate of drug-likeness (QED) is 0.622. The summed E-state index contributed by atoms with van der Waals surface area (Å²) in [6, 6.07) is 5.33. The maximum Gasteiger partial charge on any atom is 0.313 e. The van der Waals surface area contributed by atoms with Gasteiger partial charge >= 0.3 is 11.4 Å². The van der Waals surface area contributed by atoms with Crippen LogP contribution in [0.25, 0.3) is 0 Å². The predicted molar refractivity (Wildman–Crippen MR) is 69.0 cm³/mol. The zero-order valence-electron chi connectivity index (χ0n) is 9.89. The normalized spacial score (nSPS) is 9.80. The molecule has 0 aromatic carbocycles. The Kier molecular flexibility index (Phi) is 3.65. The molecule has 10 heteroatoms. The van der Waals surface area contributed by atoms with Crippen LogP contribution in [0.3, 0.4) is 0 Å². The van der Waals surface area contributed by atoms with Gasteiger partial charge in [-0.1, -0.05) is 0 Å². The van der Waals surface area contributed by atoms with E-state index in [1.807, 2.05) is 0 Å². The average Bonchev–Trinajstić information content (AvgIpc) is 2.45. The van der Waals surface area contributed by atoms with Crippen LogP contribution in [0.5, 0.6) is 0 Å². The first kappa shape index (κ1) is 13.1. The van der Waals surface area contributed by atoms with Gasteiger partial charge in [0.25, 0.3) is 0 Å². The molecule has 10 nitrogen and oxygen atoms in total. The second-order valence-corrected chi connectivity index (χ2v) is 3.51. The third kappa shape index (κ3) is 2.75. The number of rotatable bonds is 5. The summed E-state index contributed by atoms with van der Waals surface area (Å²) in [4.78, 5) is 27.9. The average molecular weight is 276 g/mol. The Hall–Kier alpha value is -3.30. The molecule has 0 aliphatic heterocycles. The van der Waals surface area contributed by atoms with Crippen molar-refractivity contribution in [1.29, 1.82) is 0 Å². The maximum absolute atomic E-state index is 10.8. The van der Waals surface area contributed by atoms with Crippen molar-refractivity contribution in [2.45, 2.75) is 0 Å². The molecule has 0 aliphatic rings. The van der Waals surface area contributed by atoms with Crippen molar-refractivity contribution in [2.24, 2.45) is 0 Å². The van der Waals surface area contributed by atoms with E-state index in [0.717, 1.165) is 0 Å². The minimum absolute atomic E-state index is 0.0718. The molecule has 2 N–H and O–H groups in total. The molecule has 0 saturated heterocycles. The number of pyridine rings is 2. The molecule has 20 heavy (non-hydrogen) atoms. The SMILES string of the molecule is O=[N+]([O-])c1cccnc1NNc1ncccc1[N+](=O)[O-]. The molecule has 0 aliphatic carbocycles. The van der Waals surface area contributed by atoms with Gasteiger partial charge in [0.2, 0.25) is 11.6 Å². The van der Waals surface area contributed by atoms with Crippen LogP contribution in [0, 0.1) is 20.2 Å². The maximum atomic E-state index is 10.8. The monoisotopic (exact) mass is 276 g/mol. The van der Waals surface area contributed by atoms with Gasteiger partial charge < -0.3 is 0 Å². The van der Waals surface area contributed by atoms with E-state index in [-0.39, 0.29) is 23.0 Å². The highest BCUT2D eigenvalue weighted by Gasteiger charge is 2.17. The highest BCUT2D eigenvalue weighted by atomic mass is 16.6. The number of anilines is 2. The van der Waals surface area contributed by atoms with E-state index in [4.69, 9.17) is 0 Å². The Morgan fingerprint density at radius 2 is 1.25 bits per heavy atom. The molecule has 2 heterocycles. The smallest absolute Gasteiger partial charge is 0.277 e. The zero-order chi connectivity index (χ0) is 14.5. The lowest BCUT2D eigenvalue weighted by molar-refractivity contribution is -0.384. The van der Waals surface area contributed by atoms with Crippen LogP contribution in [-0.2, 0) is 0 Å². The first-order valence-electron chi connectivity index (χ1n) is 5.30. The van der Waals surface area contributed by atoms with Crippen molar-refractivity contribution in [3.05, 3.63) is 56.9 Å². The first-order chi connectivity index (χ1) is 9.59. The molecule has 0 unspecified atom stereocenters. The third-order valence-corrected chi connectivity index (χ3v) is 2.27. The Morgan fingerprint density at radius 3 is 1.60 bits per heavy atom. The Balaban J connectivity index is 2.22. The lowest BCUT2D eigenvalue weighted by Crippen LogP contribution is -2.14. The summed E-state index contributed by atoms with van der Waals surface area (Å²) < 4.78 is 0. The molecule has 0 fully saturated rings. The van der Waals surface area contributed by atoms with Gasteiger partial charge in [-0.25, -0.2) is 9.97 Å². The van der Waals surface area contributed by atoms with E-state index >= 15 is 0 Å². The van der Waals surface area contributed by atoms with Crippen LogP contribution in [-0.4, -0.2) is 19.8 Å². The number of nitrogens with one attached hydrogen (secondary N) is 2. The second kappa shape index (κ2) is 5.56. The van der Waals surface area contributed by atoms with Crippen LogP contribution < -0.4 is 10.9 Å². The fourth-order valence-corrected chi connectivity index (χ4v) is 1.40. The molecule has 2 aromatic rings. The predicted octanol–water partition coefficient (Wildman–Crippen LogP) is 1.73. The second-order valence-electron chi connectivity index (χ2n) is 3.51. The molecule has 0 bridgehead atoms. The summed E-state index contributed by atoms with van der Waals surface area (Å²) in [6.07, 6.45) is 2.70. The van der Waals surface area contributed by atoms with Crippen molar-refractivity contribution in [1.82, 2.24) is 9.97 Å². The van der Waals surface area contributed by atoms with Gasteiger partial charge in [0.15, 0.2) is 0 Å². The zero-order valence-corrected chi connectivity index (χ0v) is 9.89. The lowest BCUT2D eigenvalue weighted by atomic mass is 10.4. The summed E-state index contributed by atoms with van der Waals surface area (Å²) in [5.41, 5.74) is 4.34. The van der Waals surface area contributed by atoms with Gasteiger partial charge in [0, 0.05) is 24.5 Å². The van der Waals surface area contributed by atoms with Crippen LogP contribution in [0.1, 0.15) is 0 Å². The van der Waals surface area contributed by atoms with E-state index in [1.165, 1.54) is 36.7 Å². The Bertz CT molecular complexity index is 604. The van der Waals surface area contributed by atoms with Crippen molar-refractivity contribution in [3.8, 4) is 0 Å². The summed E-state index contributed by atoms with van der Waals surface area (Å²) in [7, 11) is 0. The Morgan fingerprint density at radius 1 is 0.850 bits per heavy atom. The molecule has 0 saturated carbocycles. The molecule has 0 spiro atoms. The molecule has 0 amide bonds. The Labute approximate surface area is 111 Å². The fraction of sp³-hybridized carbons (Fsp3) is 0. The summed E-state index contributed by atoms with van der Waals surface area (Å²) in [6.45, 7) is 0. The highest BCUT2D eigenvalue weighted by Crippen LogP contribution is 2.23. The first-order valence-corrected chi connectivity index (χ1v) is 5.30. The molecular formula is C10H8N6O4. The number of hydrogen-bond donors (Lipinski definition) is 2. The molecule has 102 valence electrons. The van der Waals surface area contributed by atoms with E-state index in [1.54, 1.807) is 0 Å². The van der Waals surface area contributed by atoms with Crippen LogP contribution in [0.15, 0.2) is 36.7 Å². The van der Waals surface area contributed by atoms with Crippen molar-refractivity contribution >= 4 is 23.0 Å². The molecular weight excluding hydrogens is 268 g/mol. The van der Waals surface area contributed by atoms with Gasteiger partial charge in [0.05, 0.1) is 9.85 Å². The van der Waals surface area contributed by atoms with E-state index in [9.17, 15) is 20.2 Å². The standard InChI is InChI=1S/C10H8N6O4/c17-15(18)7-3-1-5-11-9(7)13-14-10-8(16(19)20)4-2-6-12-10/h1-6H,(H,11,13)(H,12,14). The molecule has 0 atom stereocenters. The summed E-state index contributed by atoms with van der Waals surface area (Å²) in [5.74, 6) is -0.144. The third-order valence-electron chi connectivity index (χ3n) is 2.27. The number of nitrogens with zero attached hydrogens (tertiary/aromatic N) is 4. The van der Waals surface area contributed by atoms with Crippen LogP contribution in [0.2, 0.25) is 0 Å². The minimum Gasteiger partial charge on any atom is -0.277 e. The number of nitro groups is 2. The van der Waals surface area contributed by atoms with Gasteiger partial charge in [-0.15, -0.1) is 0 Å². The summed E-state index contributed by atoms with van der Waals surface area (Å²) in [5, 5.41) is 21.6. The minimum atomic E-state index is -0.621. The van der Waals surface area contributed by atoms with Gasteiger partial charge in [0.1, 0.15) is 0 Å². The van der Waals surface area contributed by atoms with Crippen molar-refractivity contribution in [2.75, 3.05) is 10.9 Å². The summed E-state index contributed by atoms with van der Waals surface area (Å²) >= 11 is 0. The van der Waals surface area contributed by atoms with Gasteiger partial charge in [-0.3, -0.25) is 31.1 Å². The molecule has 0 radical (unpaired) electrons. The van der Waals surface area contributed by atoms with Gasteiger partial charge in [-0.05, 0) is 12.1 Å². The number of hydrogen-bond acceptors (Lipinski definition) is 8. The van der Waals surface area contributed by atoms with Crippen molar-refractivity contribution in [3.63, 3.8) is 0 Å². The van der Waals surface area contributed by atoms with Crippen LogP contribution >= 0.6 is 0 Å². The number of hydrazine groups is 1. The van der Waals surface area contributed by atoms with E-state index in [0.29, 0.717) is 0 Å². The number of aromatic nitrogens is 2.